The third kappa shape index (κ3) is 4.81. The first-order chi connectivity index (χ1) is 15.5. The van der Waals surface area contributed by atoms with Crippen molar-refractivity contribution in [2.24, 2.45) is 10.2 Å². The van der Waals surface area contributed by atoms with Crippen molar-refractivity contribution in [3.05, 3.63) is 105 Å². The molecule has 0 aliphatic carbocycles. The van der Waals surface area contributed by atoms with Gasteiger partial charge in [-0.15, -0.1) is 5.10 Å². The van der Waals surface area contributed by atoms with E-state index in [1.807, 2.05) is 0 Å². The number of nitro groups is 1. The number of carbonyl (C=O) groups excluding carboxylic acids is 1. The lowest BCUT2D eigenvalue weighted by atomic mass is 10.2. The van der Waals surface area contributed by atoms with Gasteiger partial charge in [0.05, 0.1) is 28.9 Å². The molecule has 4 rings (SSSR count). The fraction of sp³-hybridized carbons (Fsp3) is 0.0455. The zero-order valence-electron chi connectivity index (χ0n) is 16.4. The Balaban J connectivity index is 1.62. The van der Waals surface area contributed by atoms with Crippen LogP contribution in [0.5, 0.6) is 0 Å². The largest absolute Gasteiger partial charge is 0.467 e. The summed E-state index contributed by atoms with van der Waals surface area (Å²) in [6.45, 7) is 0.143. The molecule has 2 heterocycles. The molecule has 160 valence electrons. The summed E-state index contributed by atoms with van der Waals surface area (Å²) in [5.41, 5.74) is 0.854. The summed E-state index contributed by atoms with van der Waals surface area (Å²) in [6, 6.07) is 15.4. The van der Waals surface area contributed by atoms with Gasteiger partial charge in [-0.05, 0) is 53.7 Å². The quantitative estimate of drug-likeness (QED) is 0.232. The Hall–Kier alpha value is -4.05. The van der Waals surface area contributed by atoms with Gasteiger partial charge < -0.3 is 4.42 Å². The monoisotopic (exact) mass is 450 g/mol. The molecule has 1 saturated heterocycles. The normalized spacial score (nSPS) is 16.5. The Bertz CT molecular complexity index is 1240. The number of carbonyl (C=O) groups is 1. The van der Waals surface area contributed by atoms with Crippen molar-refractivity contribution in [1.29, 1.82) is 0 Å². The van der Waals surface area contributed by atoms with Crippen LogP contribution >= 0.6 is 11.8 Å². The molecule has 0 saturated carbocycles. The molecule has 0 atom stereocenters. The number of nitro benzene ring substituents is 1. The maximum Gasteiger partial charge on any atom is 0.269 e. The van der Waals surface area contributed by atoms with Crippen molar-refractivity contribution in [2.45, 2.75) is 6.54 Å². The van der Waals surface area contributed by atoms with Crippen LogP contribution in [0, 0.1) is 15.9 Å². The van der Waals surface area contributed by atoms with Gasteiger partial charge in [-0.3, -0.25) is 19.8 Å². The fourth-order valence-corrected chi connectivity index (χ4v) is 3.78. The summed E-state index contributed by atoms with van der Waals surface area (Å²) < 4.78 is 19.1. The molecule has 0 radical (unpaired) electrons. The van der Waals surface area contributed by atoms with Crippen LogP contribution in [0.15, 0.2) is 86.5 Å². The second-order valence-corrected chi connectivity index (χ2v) is 7.59. The number of thioether (sulfide) groups is 1. The van der Waals surface area contributed by atoms with Crippen LogP contribution in [0.1, 0.15) is 16.9 Å². The summed E-state index contributed by atoms with van der Waals surface area (Å²) >= 11 is 1.10. The second kappa shape index (κ2) is 9.40. The van der Waals surface area contributed by atoms with Gasteiger partial charge >= 0.3 is 0 Å². The summed E-state index contributed by atoms with van der Waals surface area (Å²) in [4.78, 5) is 25.1. The van der Waals surface area contributed by atoms with Crippen LogP contribution in [0.4, 0.5) is 10.1 Å². The number of halogens is 1. The van der Waals surface area contributed by atoms with Crippen LogP contribution in [-0.2, 0) is 11.3 Å². The topological polar surface area (TPSA) is 101 Å². The third-order valence-electron chi connectivity index (χ3n) is 4.43. The smallest absolute Gasteiger partial charge is 0.269 e. The van der Waals surface area contributed by atoms with Gasteiger partial charge in [0.15, 0.2) is 5.17 Å². The summed E-state index contributed by atoms with van der Waals surface area (Å²) in [5, 5.41) is 19.2. The van der Waals surface area contributed by atoms with E-state index in [9.17, 15) is 19.3 Å². The van der Waals surface area contributed by atoms with Crippen LogP contribution in [0.2, 0.25) is 0 Å². The first-order valence-corrected chi connectivity index (χ1v) is 10.2. The van der Waals surface area contributed by atoms with E-state index in [2.05, 4.69) is 10.2 Å². The number of nitrogens with zero attached hydrogens (tertiary/aromatic N) is 4. The number of rotatable bonds is 6. The van der Waals surface area contributed by atoms with Gasteiger partial charge in [0, 0.05) is 17.7 Å². The Morgan fingerprint density at radius 3 is 2.59 bits per heavy atom. The first-order valence-electron chi connectivity index (χ1n) is 9.35. The lowest BCUT2D eigenvalue weighted by Gasteiger charge is -2.12. The highest BCUT2D eigenvalue weighted by atomic mass is 32.2. The molecule has 1 fully saturated rings. The average Bonchev–Trinajstić information content (AvgIpc) is 3.40. The number of amides is 1. The van der Waals surface area contributed by atoms with Crippen LogP contribution in [-0.4, -0.2) is 27.1 Å². The zero-order valence-corrected chi connectivity index (χ0v) is 17.2. The Kier molecular flexibility index (Phi) is 6.22. The van der Waals surface area contributed by atoms with Crippen LogP contribution < -0.4 is 0 Å². The summed E-state index contributed by atoms with van der Waals surface area (Å²) in [7, 11) is 0. The molecule has 32 heavy (non-hydrogen) atoms. The molecular formula is C22H15FN4O4S. The Morgan fingerprint density at radius 1 is 1.12 bits per heavy atom. The SMILES string of the molecule is O=C1/C(=C/c2ccc([N+](=O)[O-])cc2)S/C(=N/N=C\c2ccccc2F)N1Cc1ccco1. The summed E-state index contributed by atoms with van der Waals surface area (Å²) in [6.07, 6.45) is 4.40. The number of non-ortho nitro benzene ring substituents is 1. The summed E-state index contributed by atoms with van der Waals surface area (Å²) in [5.74, 6) is -0.191. The molecule has 1 aliphatic heterocycles. The highest BCUT2D eigenvalue weighted by molar-refractivity contribution is 8.18. The van der Waals surface area contributed by atoms with Gasteiger partial charge in [-0.25, -0.2) is 4.39 Å². The average molecular weight is 450 g/mol. The minimum absolute atomic E-state index is 0.0401. The second-order valence-electron chi connectivity index (χ2n) is 6.58. The van der Waals surface area contributed by atoms with Crippen molar-refractivity contribution in [3.63, 3.8) is 0 Å². The van der Waals surface area contributed by atoms with E-state index in [0.29, 0.717) is 21.4 Å². The molecular weight excluding hydrogens is 435 g/mol. The van der Waals surface area contributed by atoms with Crippen LogP contribution in [0.3, 0.4) is 0 Å². The van der Waals surface area contributed by atoms with Gasteiger partial charge in [0.2, 0.25) is 0 Å². The first kappa shape index (κ1) is 21.2. The van der Waals surface area contributed by atoms with E-state index in [-0.39, 0.29) is 23.7 Å². The zero-order chi connectivity index (χ0) is 22.5. The van der Waals surface area contributed by atoms with E-state index in [0.717, 1.165) is 11.8 Å². The molecule has 0 spiro atoms. The van der Waals surface area contributed by atoms with E-state index in [4.69, 9.17) is 4.42 Å². The van der Waals surface area contributed by atoms with Crippen molar-refractivity contribution >= 4 is 40.8 Å². The number of hydrogen-bond acceptors (Lipinski definition) is 7. The molecule has 0 bridgehead atoms. The van der Waals surface area contributed by atoms with Gasteiger partial charge in [-0.1, -0.05) is 18.2 Å². The Morgan fingerprint density at radius 2 is 1.91 bits per heavy atom. The predicted molar refractivity (Wildman–Crippen MR) is 119 cm³/mol. The van der Waals surface area contributed by atoms with Gasteiger partial charge in [-0.2, -0.15) is 5.10 Å². The van der Waals surface area contributed by atoms with E-state index in [1.54, 1.807) is 48.5 Å². The third-order valence-corrected chi connectivity index (χ3v) is 5.43. The number of amidine groups is 1. The molecule has 10 heteroatoms. The molecule has 1 amide bonds. The van der Waals surface area contributed by atoms with Crippen molar-refractivity contribution in [1.82, 2.24) is 4.90 Å². The molecule has 0 N–H and O–H groups in total. The van der Waals surface area contributed by atoms with Gasteiger partial charge in [0.1, 0.15) is 11.6 Å². The van der Waals surface area contributed by atoms with Crippen molar-refractivity contribution in [3.8, 4) is 0 Å². The van der Waals surface area contributed by atoms with E-state index in [1.165, 1.54) is 35.6 Å². The van der Waals surface area contributed by atoms with Crippen molar-refractivity contribution in [2.75, 3.05) is 0 Å². The molecule has 3 aromatic rings. The Labute approximate surface area is 185 Å². The number of furan rings is 1. The standard InChI is InChI=1S/C22H15FN4O4S/c23-19-6-2-1-4-16(19)13-24-25-22-26(14-18-5-3-11-31-18)21(28)20(32-22)12-15-7-9-17(10-8-15)27(29)30/h1-13H,14H2/b20-12-,24-13-,25-22+. The minimum atomic E-state index is -0.490. The molecule has 0 unspecified atom stereocenters. The lowest BCUT2D eigenvalue weighted by molar-refractivity contribution is -0.384. The van der Waals surface area contributed by atoms with Crippen molar-refractivity contribution < 1.29 is 18.5 Å². The molecule has 2 aromatic carbocycles. The number of hydrogen-bond donors (Lipinski definition) is 0. The molecule has 1 aromatic heterocycles. The minimum Gasteiger partial charge on any atom is -0.467 e. The number of benzene rings is 2. The fourth-order valence-electron chi connectivity index (χ4n) is 2.84. The van der Waals surface area contributed by atoms with Gasteiger partial charge in [0.25, 0.3) is 11.6 Å². The predicted octanol–water partition coefficient (Wildman–Crippen LogP) is 4.83. The van der Waals surface area contributed by atoms with E-state index >= 15 is 0 Å². The highest BCUT2D eigenvalue weighted by Gasteiger charge is 2.34. The van der Waals surface area contributed by atoms with Crippen LogP contribution in [0.25, 0.3) is 6.08 Å². The highest BCUT2D eigenvalue weighted by Crippen LogP contribution is 2.34. The molecule has 1 aliphatic rings. The molecule has 8 nitrogen and oxygen atoms in total. The maximum atomic E-state index is 13.8. The van der Waals surface area contributed by atoms with E-state index < -0.39 is 10.7 Å². The maximum absolute atomic E-state index is 13.8. The lowest BCUT2D eigenvalue weighted by Crippen LogP contribution is -2.28.